The van der Waals surface area contributed by atoms with Gasteiger partial charge in [0.25, 0.3) is 0 Å². The van der Waals surface area contributed by atoms with Crippen molar-refractivity contribution >= 4 is 23.6 Å². The van der Waals surface area contributed by atoms with E-state index in [0.29, 0.717) is 11.8 Å². The van der Waals surface area contributed by atoms with Crippen LogP contribution in [0.15, 0.2) is 9.98 Å². The van der Waals surface area contributed by atoms with Crippen LogP contribution in [0.1, 0.15) is 55.4 Å². The van der Waals surface area contributed by atoms with E-state index in [1.807, 2.05) is 55.4 Å². The number of carbonyl (C=O) groups is 2. The Balaban J connectivity index is 2.10. The van der Waals surface area contributed by atoms with Crippen LogP contribution in [0.2, 0.25) is 0 Å². The Bertz CT molecular complexity index is 612. The number of aliphatic imine (C=N–C) groups is 2. The molecule has 0 unspecified atom stereocenters. The smallest absolute Gasteiger partial charge is 0.248 e. The van der Waals surface area contributed by atoms with E-state index in [-0.39, 0.29) is 36.1 Å². The molecule has 8 heteroatoms. The molecular weight excluding hydrogens is 348 g/mol. The zero-order chi connectivity index (χ0) is 20.6. The molecule has 0 radical (unpaired) electrons. The van der Waals surface area contributed by atoms with Crippen molar-refractivity contribution in [3.8, 4) is 0 Å². The number of nitrogens with one attached hydrogen (secondary N) is 2. The third kappa shape index (κ3) is 5.43. The van der Waals surface area contributed by atoms with E-state index in [1.165, 1.54) is 0 Å². The van der Waals surface area contributed by atoms with Gasteiger partial charge in [-0.3, -0.25) is 9.59 Å². The van der Waals surface area contributed by atoms with Crippen molar-refractivity contribution < 1.29 is 19.1 Å². The fourth-order valence-electron chi connectivity index (χ4n) is 2.70. The highest BCUT2D eigenvalue weighted by atomic mass is 16.5. The van der Waals surface area contributed by atoms with Gasteiger partial charge in [-0.1, -0.05) is 0 Å². The standard InChI is InChI=1S/C19H32N4O4/c1-17(2,3)22-13(24)11-9-26-15(20-11)19(7,8)16-21-12(10-27-16)14(25)23-18(4,5)6/h11-12H,9-10H2,1-8H3,(H,22,24)(H,23,25)/t11-,12-/m0/s1. The second kappa shape index (κ2) is 7.13. The molecule has 0 saturated heterocycles. The maximum Gasteiger partial charge on any atom is 0.248 e. The summed E-state index contributed by atoms with van der Waals surface area (Å²) in [4.78, 5) is 33.5. The van der Waals surface area contributed by atoms with Crippen molar-refractivity contribution in [1.82, 2.24) is 10.6 Å². The molecule has 8 nitrogen and oxygen atoms in total. The Morgan fingerprint density at radius 2 is 1.11 bits per heavy atom. The van der Waals surface area contributed by atoms with E-state index in [4.69, 9.17) is 9.47 Å². The maximum atomic E-state index is 12.3. The molecule has 0 aromatic carbocycles. The second-order valence-corrected chi connectivity index (χ2v) is 9.63. The van der Waals surface area contributed by atoms with Crippen molar-refractivity contribution in [1.29, 1.82) is 0 Å². The van der Waals surface area contributed by atoms with Crippen molar-refractivity contribution in [2.75, 3.05) is 13.2 Å². The fraction of sp³-hybridized carbons (Fsp3) is 0.789. The van der Waals surface area contributed by atoms with Crippen LogP contribution in [-0.4, -0.2) is 60.0 Å². The molecule has 2 amide bonds. The Morgan fingerprint density at radius 1 is 0.778 bits per heavy atom. The molecule has 152 valence electrons. The van der Waals surface area contributed by atoms with E-state index < -0.39 is 17.5 Å². The first-order valence-corrected chi connectivity index (χ1v) is 9.25. The largest absolute Gasteiger partial charge is 0.477 e. The fourth-order valence-corrected chi connectivity index (χ4v) is 2.70. The van der Waals surface area contributed by atoms with Gasteiger partial charge in [0.1, 0.15) is 18.6 Å². The van der Waals surface area contributed by atoms with Gasteiger partial charge >= 0.3 is 0 Å². The van der Waals surface area contributed by atoms with Crippen LogP contribution in [-0.2, 0) is 19.1 Å². The highest BCUT2D eigenvalue weighted by Crippen LogP contribution is 2.29. The maximum absolute atomic E-state index is 12.3. The molecule has 27 heavy (non-hydrogen) atoms. The average Bonchev–Trinajstić information content (AvgIpc) is 3.14. The highest BCUT2D eigenvalue weighted by molar-refractivity contribution is 6.07. The summed E-state index contributed by atoms with van der Waals surface area (Å²) in [6.07, 6.45) is 0. The molecule has 2 rings (SSSR count). The lowest BCUT2D eigenvalue weighted by molar-refractivity contribution is -0.124. The van der Waals surface area contributed by atoms with Crippen LogP contribution in [0.4, 0.5) is 0 Å². The highest BCUT2D eigenvalue weighted by Gasteiger charge is 2.43. The third-order valence-electron chi connectivity index (χ3n) is 3.97. The molecule has 2 atom stereocenters. The first kappa shape index (κ1) is 21.2. The van der Waals surface area contributed by atoms with Crippen LogP contribution >= 0.6 is 0 Å². The summed E-state index contributed by atoms with van der Waals surface area (Å²) in [6, 6.07) is -1.19. The van der Waals surface area contributed by atoms with Gasteiger partial charge in [0.2, 0.25) is 11.8 Å². The quantitative estimate of drug-likeness (QED) is 0.770. The van der Waals surface area contributed by atoms with Crippen molar-refractivity contribution in [3.05, 3.63) is 0 Å². The predicted molar refractivity (Wildman–Crippen MR) is 104 cm³/mol. The zero-order valence-electron chi connectivity index (χ0n) is 17.6. The normalized spacial score (nSPS) is 23.1. The van der Waals surface area contributed by atoms with Crippen molar-refractivity contribution in [2.24, 2.45) is 15.4 Å². The number of carbonyl (C=O) groups excluding carboxylic acids is 2. The number of rotatable bonds is 4. The Kier molecular flexibility index (Phi) is 5.59. The van der Waals surface area contributed by atoms with E-state index in [1.54, 1.807) is 0 Å². The van der Waals surface area contributed by atoms with Gasteiger partial charge in [0.05, 0.1) is 0 Å². The summed E-state index contributed by atoms with van der Waals surface area (Å²) in [7, 11) is 0. The lowest BCUT2D eigenvalue weighted by Crippen LogP contribution is -2.45. The van der Waals surface area contributed by atoms with E-state index >= 15 is 0 Å². The average molecular weight is 380 g/mol. The summed E-state index contributed by atoms with van der Waals surface area (Å²) in [5.41, 5.74) is -1.43. The number of hydrogen-bond donors (Lipinski definition) is 2. The monoisotopic (exact) mass is 380 g/mol. The molecule has 2 heterocycles. The van der Waals surface area contributed by atoms with Crippen LogP contribution in [0.3, 0.4) is 0 Å². The van der Waals surface area contributed by atoms with Crippen molar-refractivity contribution in [3.63, 3.8) is 0 Å². The summed E-state index contributed by atoms with van der Waals surface area (Å²) in [6.45, 7) is 15.6. The SMILES string of the molecule is CC(C)(C)NC(=O)[C@@H]1COC(C(C)(C)C2=N[C@H](C(=O)NC(C)(C)C)CO2)=N1. The van der Waals surface area contributed by atoms with E-state index in [2.05, 4.69) is 20.6 Å². The van der Waals surface area contributed by atoms with Crippen LogP contribution < -0.4 is 10.6 Å². The molecule has 0 saturated carbocycles. The van der Waals surface area contributed by atoms with Gasteiger partial charge < -0.3 is 20.1 Å². The molecule has 0 bridgehead atoms. The summed E-state index contributed by atoms with van der Waals surface area (Å²) >= 11 is 0. The summed E-state index contributed by atoms with van der Waals surface area (Å²) in [5.74, 6) is 0.439. The van der Waals surface area contributed by atoms with Crippen LogP contribution in [0.25, 0.3) is 0 Å². The van der Waals surface area contributed by atoms with Gasteiger partial charge in [-0.2, -0.15) is 0 Å². The zero-order valence-corrected chi connectivity index (χ0v) is 17.6. The minimum atomic E-state index is -0.756. The van der Waals surface area contributed by atoms with Crippen molar-refractivity contribution in [2.45, 2.75) is 78.6 Å². The van der Waals surface area contributed by atoms with Crippen LogP contribution in [0.5, 0.6) is 0 Å². The Hall–Kier alpha value is -2.12. The minimum Gasteiger partial charge on any atom is -0.477 e. The molecule has 2 N–H and O–H groups in total. The first-order chi connectivity index (χ1) is 12.2. The molecule has 0 spiro atoms. The number of hydrogen-bond acceptors (Lipinski definition) is 6. The molecule has 2 aliphatic rings. The lowest BCUT2D eigenvalue weighted by atomic mass is 9.93. The molecule has 0 aromatic rings. The lowest BCUT2D eigenvalue weighted by Gasteiger charge is -2.22. The first-order valence-electron chi connectivity index (χ1n) is 9.25. The number of amides is 2. The van der Waals surface area contributed by atoms with Crippen LogP contribution in [0, 0.1) is 5.41 Å². The Morgan fingerprint density at radius 3 is 1.41 bits per heavy atom. The van der Waals surface area contributed by atoms with Gasteiger partial charge in [-0.15, -0.1) is 0 Å². The third-order valence-corrected chi connectivity index (χ3v) is 3.97. The Labute approximate surface area is 161 Å². The number of ether oxygens (including phenoxy) is 2. The molecule has 0 aliphatic carbocycles. The number of nitrogens with zero attached hydrogens (tertiary/aromatic N) is 2. The van der Waals surface area contributed by atoms with Gasteiger partial charge in [-0.25, -0.2) is 9.98 Å². The van der Waals surface area contributed by atoms with E-state index in [9.17, 15) is 9.59 Å². The molecule has 2 aliphatic heterocycles. The van der Waals surface area contributed by atoms with Gasteiger partial charge in [0, 0.05) is 11.1 Å². The second-order valence-electron chi connectivity index (χ2n) is 9.63. The minimum absolute atomic E-state index is 0.176. The topological polar surface area (TPSA) is 101 Å². The molecular formula is C19H32N4O4. The van der Waals surface area contributed by atoms with E-state index in [0.717, 1.165) is 0 Å². The predicted octanol–water partition coefficient (Wildman–Crippen LogP) is 1.44. The molecule has 0 aromatic heterocycles. The van der Waals surface area contributed by atoms with Gasteiger partial charge in [0.15, 0.2) is 23.9 Å². The molecule has 0 fully saturated rings. The van der Waals surface area contributed by atoms with Gasteiger partial charge in [-0.05, 0) is 55.4 Å². The summed E-state index contributed by atoms with van der Waals surface area (Å²) in [5, 5.41) is 5.81. The summed E-state index contributed by atoms with van der Waals surface area (Å²) < 4.78 is 11.4.